The van der Waals surface area contributed by atoms with Crippen molar-refractivity contribution >= 4 is 15.9 Å². The Kier molecular flexibility index (Phi) is 7.06. The summed E-state index contributed by atoms with van der Waals surface area (Å²) in [5, 5.41) is 2.75. The monoisotopic (exact) mass is 393 g/mol. The Morgan fingerprint density at radius 1 is 1.00 bits per heavy atom. The molecule has 0 radical (unpaired) electrons. The van der Waals surface area contributed by atoms with Gasteiger partial charge in [-0.05, 0) is 49.5 Å². The molecule has 1 N–H and O–H groups in total. The van der Waals surface area contributed by atoms with Gasteiger partial charge in [0.2, 0.25) is 15.9 Å². The Bertz CT molecular complexity index is 883. The zero-order chi connectivity index (χ0) is 20.0. The first-order chi connectivity index (χ1) is 12.7. The standard InChI is InChI=1S/C19H24FN3O3S/c1-22(2)13-16-7-5-4-6-15(16)12-21-19(24)14-23(3)27(25,26)18-10-8-17(20)9-11-18/h4-11H,12-14H2,1-3H3,(H,21,24). The fourth-order valence-electron chi connectivity index (χ4n) is 2.55. The Hall–Kier alpha value is -2.29. The number of nitrogens with zero attached hydrogens (tertiary/aromatic N) is 2. The second kappa shape index (κ2) is 9.07. The molecule has 6 nitrogen and oxygen atoms in total. The van der Waals surface area contributed by atoms with Gasteiger partial charge in [-0.2, -0.15) is 4.31 Å². The van der Waals surface area contributed by atoms with Gasteiger partial charge in [0.15, 0.2) is 0 Å². The number of likely N-dealkylation sites (N-methyl/N-ethyl adjacent to an activating group) is 1. The summed E-state index contributed by atoms with van der Waals surface area (Å²) >= 11 is 0. The molecule has 0 aliphatic carbocycles. The van der Waals surface area contributed by atoms with Gasteiger partial charge in [0.1, 0.15) is 5.82 Å². The normalized spacial score (nSPS) is 11.8. The third-order valence-corrected chi connectivity index (χ3v) is 5.79. The van der Waals surface area contributed by atoms with Crippen LogP contribution in [-0.2, 0) is 27.9 Å². The van der Waals surface area contributed by atoms with Gasteiger partial charge in [0.05, 0.1) is 11.4 Å². The molecule has 0 heterocycles. The highest BCUT2D eigenvalue weighted by molar-refractivity contribution is 7.89. The summed E-state index contributed by atoms with van der Waals surface area (Å²) in [7, 11) is 1.38. The lowest BCUT2D eigenvalue weighted by atomic mass is 10.1. The number of sulfonamides is 1. The molecule has 0 fully saturated rings. The Labute approximate surface area is 159 Å². The first kappa shape index (κ1) is 21.0. The molecule has 0 spiro atoms. The van der Waals surface area contributed by atoms with E-state index in [1.54, 1.807) is 0 Å². The maximum atomic E-state index is 13.0. The molecule has 2 aromatic rings. The Balaban J connectivity index is 1.98. The van der Waals surface area contributed by atoms with Crippen molar-refractivity contribution in [3.05, 3.63) is 65.5 Å². The first-order valence-corrected chi connectivity index (χ1v) is 9.84. The molecule has 27 heavy (non-hydrogen) atoms. The van der Waals surface area contributed by atoms with E-state index in [9.17, 15) is 17.6 Å². The number of hydrogen-bond acceptors (Lipinski definition) is 4. The predicted octanol–water partition coefficient (Wildman–Crippen LogP) is 1.82. The fourth-order valence-corrected chi connectivity index (χ4v) is 3.68. The molecular weight excluding hydrogens is 369 g/mol. The average molecular weight is 393 g/mol. The lowest BCUT2D eigenvalue weighted by Gasteiger charge is -2.18. The molecule has 0 unspecified atom stereocenters. The van der Waals surface area contributed by atoms with Crippen LogP contribution >= 0.6 is 0 Å². The maximum absolute atomic E-state index is 13.0. The van der Waals surface area contributed by atoms with E-state index in [2.05, 4.69) is 5.32 Å². The molecule has 2 rings (SSSR count). The van der Waals surface area contributed by atoms with Crippen LogP contribution in [0, 0.1) is 5.82 Å². The SMILES string of the molecule is CN(C)Cc1ccccc1CNC(=O)CN(C)S(=O)(=O)c1ccc(F)cc1. The summed E-state index contributed by atoms with van der Waals surface area (Å²) < 4.78 is 38.8. The third-order valence-electron chi connectivity index (χ3n) is 3.97. The van der Waals surface area contributed by atoms with Crippen LogP contribution < -0.4 is 5.32 Å². The van der Waals surface area contributed by atoms with E-state index in [1.165, 1.54) is 19.2 Å². The largest absolute Gasteiger partial charge is 0.351 e. The number of carbonyl (C=O) groups is 1. The zero-order valence-electron chi connectivity index (χ0n) is 15.6. The quantitative estimate of drug-likeness (QED) is 0.743. The van der Waals surface area contributed by atoms with Gasteiger partial charge < -0.3 is 10.2 Å². The van der Waals surface area contributed by atoms with Crippen molar-refractivity contribution < 1.29 is 17.6 Å². The second-order valence-corrected chi connectivity index (χ2v) is 8.54. The smallest absolute Gasteiger partial charge is 0.243 e. The molecule has 1 amide bonds. The van der Waals surface area contributed by atoms with Crippen LogP contribution in [0.2, 0.25) is 0 Å². The van der Waals surface area contributed by atoms with Crippen LogP contribution in [0.25, 0.3) is 0 Å². The van der Waals surface area contributed by atoms with Crippen LogP contribution in [0.1, 0.15) is 11.1 Å². The van der Waals surface area contributed by atoms with Gasteiger partial charge in [-0.25, -0.2) is 12.8 Å². The van der Waals surface area contributed by atoms with Crippen LogP contribution in [0.5, 0.6) is 0 Å². The van der Waals surface area contributed by atoms with Crippen LogP contribution in [-0.4, -0.2) is 51.2 Å². The summed E-state index contributed by atoms with van der Waals surface area (Å²) in [5.41, 5.74) is 2.07. The van der Waals surface area contributed by atoms with E-state index in [-0.39, 0.29) is 11.4 Å². The van der Waals surface area contributed by atoms with Crippen molar-refractivity contribution in [2.75, 3.05) is 27.7 Å². The summed E-state index contributed by atoms with van der Waals surface area (Å²) in [4.78, 5) is 14.2. The van der Waals surface area contributed by atoms with E-state index < -0.39 is 21.7 Å². The summed E-state index contributed by atoms with van der Waals surface area (Å²) in [6.45, 7) is 0.730. The topological polar surface area (TPSA) is 69.7 Å². The molecule has 0 atom stereocenters. The minimum Gasteiger partial charge on any atom is -0.351 e. The van der Waals surface area contributed by atoms with Crippen LogP contribution in [0.15, 0.2) is 53.4 Å². The van der Waals surface area contributed by atoms with Crippen molar-refractivity contribution in [1.82, 2.24) is 14.5 Å². The highest BCUT2D eigenvalue weighted by Crippen LogP contribution is 2.15. The fraction of sp³-hybridized carbons (Fsp3) is 0.316. The van der Waals surface area contributed by atoms with E-state index in [1.807, 2.05) is 43.3 Å². The minimum absolute atomic E-state index is 0.0597. The number of halogens is 1. The van der Waals surface area contributed by atoms with Gasteiger partial charge >= 0.3 is 0 Å². The third kappa shape index (κ3) is 5.85. The van der Waals surface area contributed by atoms with Crippen LogP contribution in [0.3, 0.4) is 0 Å². The average Bonchev–Trinajstić information content (AvgIpc) is 2.61. The highest BCUT2D eigenvalue weighted by atomic mass is 32.2. The van der Waals surface area contributed by atoms with Gasteiger partial charge in [-0.1, -0.05) is 24.3 Å². The van der Waals surface area contributed by atoms with Gasteiger partial charge in [0, 0.05) is 20.1 Å². The molecule has 0 saturated heterocycles. The van der Waals surface area contributed by atoms with Gasteiger partial charge in [-0.15, -0.1) is 0 Å². The Morgan fingerprint density at radius 3 is 2.19 bits per heavy atom. The molecule has 0 bridgehead atoms. The summed E-state index contributed by atoms with van der Waals surface area (Å²) in [5.74, 6) is -0.937. The molecule has 0 saturated carbocycles. The first-order valence-electron chi connectivity index (χ1n) is 8.40. The van der Waals surface area contributed by atoms with Crippen molar-refractivity contribution in [3.63, 3.8) is 0 Å². The molecule has 0 aromatic heterocycles. The van der Waals surface area contributed by atoms with Gasteiger partial charge in [-0.3, -0.25) is 4.79 Å². The van der Waals surface area contributed by atoms with E-state index in [0.717, 1.165) is 34.1 Å². The number of hydrogen-bond donors (Lipinski definition) is 1. The van der Waals surface area contributed by atoms with E-state index in [4.69, 9.17) is 0 Å². The van der Waals surface area contributed by atoms with Crippen molar-refractivity contribution in [1.29, 1.82) is 0 Å². The molecule has 146 valence electrons. The van der Waals surface area contributed by atoms with E-state index >= 15 is 0 Å². The van der Waals surface area contributed by atoms with E-state index in [0.29, 0.717) is 6.54 Å². The van der Waals surface area contributed by atoms with Gasteiger partial charge in [0.25, 0.3) is 0 Å². The summed E-state index contributed by atoms with van der Waals surface area (Å²) in [6.07, 6.45) is 0. The minimum atomic E-state index is -3.86. The molecule has 2 aromatic carbocycles. The van der Waals surface area contributed by atoms with Crippen LogP contribution in [0.4, 0.5) is 4.39 Å². The molecule has 0 aliphatic rings. The molecule has 8 heteroatoms. The van der Waals surface area contributed by atoms with Crippen molar-refractivity contribution in [3.8, 4) is 0 Å². The summed E-state index contributed by atoms with van der Waals surface area (Å²) in [6, 6.07) is 12.3. The zero-order valence-corrected chi connectivity index (χ0v) is 16.5. The lowest BCUT2D eigenvalue weighted by Crippen LogP contribution is -2.38. The Morgan fingerprint density at radius 2 is 1.59 bits per heavy atom. The van der Waals surface area contributed by atoms with Crippen molar-refractivity contribution in [2.24, 2.45) is 0 Å². The second-order valence-electron chi connectivity index (χ2n) is 6.50. The predicted molar refractivity (Wildman–Crippen MR) is 102 cm³/mol. The number of carbonyl (C=O) groups excluding carboxylic acids is 1. The molecule has 0 aliphatic heterocycles. The number of rotatable bonds is 8. The molecular formula is C19H24FN3O3S. The van der Waals surface area contributed by atoms with Crippen molar-refractivity contribution in [2.45, 2.75) is 18.0 Å². The maximum Gasteiger partial charge on any atom is 0.243 e. The number of amides is 1. The highest BCUT2D eigenvalue weighted by Gasteiger charge is 2.23. The number of nitrogens with one attached hydrogen (secondary N) is 1. The lowest BCUT2D eigenvalue weighted by molar-refractivity contribution is -0.121. The number of benzene rings is 2.